The van der Waals surface area contributed by atoms with Gasteiger partial charge in [-0.05, 0) is 64.3 Å². The molecule has 3 rings (SSSR count). The number of halogens is 1. The Balaban J connectivity index is 1.93. The summed E-state index contributed by atoms with van der Waals surface area (Å²) in [5.41, 5.74) is 1.01. The normalized spacial score (nSPS) is 16.9. The minimum absolute atomic E-state index is 0.0634. The third-order valence-electron chi connectivity index (χ3n) is 5.25. The van der Waals surface area contributed by atoms with Gasteiger partial charge in [-0.1, -0.05) is 29.8 Å². The van der Waals surface area contributed by atoms with Crippen LogP contribution in [0.1, 0.15) is 50.7 Å². The van der Waals surface area contributed by atoms with Crippen molar-refractivity contribution in [1.29, 1.82) is 0 Å². The highest BCUT2D eigenvalue weighted by molar-refractivity contribution is 7.87. The van der Waals surface area contributed by atoms with E-state index in [2.05, 4.69) is 0 Å². The third-order valence-corrected chi connectivity index (χ3v) is 6.99. The number of aryl methyl sites for hydroxylation is 1. The highest BCUT2D eigenvalue weighted by atomic mass is 35.5. The molecule has 1 amide bonds. The van der Waals surface area contributed by atoms with Crippen molar-refractivity contribution in [2.24, 2.45) is 0 Å². The number of hydrogen-bond acceptors (Lipinski definition) is 6. The monoisotopic (exact) mass is 495 g/mol. The summed E-state index contributed by atoms with van der Waals surface area (Å²) in [6, 6.07) is 9.66. The summed E-state index contributed by atoms with van der Waals surface area (Å²) in [5, 5.41) is 0.0737. The Bertz CT molecular complexity index is 1130. The maximum atomic E-state index is 12.9. The fraction of sp³-hybridized carbons (Fsp3) is 0.458. The minimum atomic E-state index is -4.18. The second-order valence-electron chi connectivity index (χ2n) is 9.12. The molecule has 1 saturated heterocycles. The van der Waals surface area contributed by atoms with Crippen LogP contribution in [0.15, 0.2) is 41.3 Å². The Morgan fingerprint density at radius 2 is 1.88 bits per heavy atom. The Labute approximate surface area is 200 Å². The van der Waals surface area contributed by atoms with Crippen molar-refractivity contribution in [3.63, 3.8) is 0 Å². The summed E-state index contributed by atoms with van der Waals surface area (Å²) in [6.07, 6.45) is 1.24. The first-order valence-corrected chi connectivity index (χ1v) is 12.6. The van der Waals surface area contributed by atoms with Crippen LogP contribution >= 0.6 is 11.6 Å². The molecule has 0 bridgehead atoms. The average molecular weight is 496 g/mol. The number of likely N-dealkylation sites (tertiary alicyclic amines) is 1. The number of nitrogens with zero attached hydrogens (tertiary/aromatic N) is 1. The maximum Gasteiger partial charge on any atom is 0.410 e. The van der Waals surface area contributed by atoms with Crippen molar-refractivity contribution in [3.05, 3.63) is 52.5 Å². The van der Waals surface area contributed by atoms with Gasteiger partial charge in [0.05, 0.1) is 12.1 Å². The number of rotatable bonds is 5. The fourth-order valence-electron chi connectivity index (χ4n) is 3.88. The summed E-state index contributed by atoms with van der Waals surface area (Å²) in [4.78, 5) is 14.2. The van der Waals surface area contributed by atoms with E-state index in [0.29, 0.717) is 18.8 Å². The molecule has 1 aliphatic heterocycles. The van der Waals surface area contributed by atoms with E-state index in [-0.39, 0.29) is 27.7 Å². The molecule has 1 aliphatic rings. The topological polar surface area (TPSA) is 82.1 Å². The van der Waals surface area contributed by atoms with Crippen molar-refractivity contribution >= 4 is 27.8 Å². The Morgan fingerprint density at radius 1 is 1.18 bits per heavy atom. The predicted octanol–water partition coefficient (Wildman–Crippen LogP) is 5.54. The van der Waals surface area contributed by atoms with Gasteiger partial charge >= 0.3 is 16.2 Å². The van der Waals surface area contributed by atoms with Crippen LogP contribution in [0.5, 0.6) is 11.5 Å². The van der Waals surface area contributed by atoms with Crippen LogP contribution in [0.4, 0.5) is 4.79 Å². The number of benzene rings is 2. The molecule has 0 saturated carbocycles. The summed E-state index contributed by atoms with van der Waals surface area (Å²) < 4.78 is 42.5. The second-order valence-corrected chi connectivity index (χ2v) is 11.0. The number of methoxy groups -OCH3 is 1. The molecule has 0 aliphatic carbocycles. The van der Waals surface area contributed by atoms with Crippen LogP contribution in [-0.2, 0) is 14.9 Å². The van der Waals surface area contributed by atoms with Crippen molar-refractivity contribution in [3.8, 4) is 11.5 Å². The van der Waals surface area contributed by atoms with Crippen molar-refractivity contribution in [1.82, 2.24) is 4.90 Å². The van der Waals surface area contributed by atoms with E-state index >= 15 is 0 Å². The number of piperidine rings is 1. The van der Waals surface area contributed by atoms with E-state index in [1.165, 1.54) is 19.2 Å². The Kier molecular flexibility index (Phi) is 7.49. The number of carbonyl (C=O) groups excluding carboxylic acids is 1. The molecule has 2 aromatic carbocycles. The van der Waals surface area contributed by atoms with Gasteiger partial charge in [0, 0.05) is 24.6 Å². The zero-order valence-electron chi connectivity index (χ0n) is 19.6. The van der Waals surface area contributed by atoms with E-state index in [0.717, 1.165) is 24.0 Å². The Morgan fingerprint density at radius 3 is 2.52 bits per heavy atom. The van der Waals surface area contributed by atoms with E-state index < -0.39 is 15.7 Å². The average Bonchev–Trinajstić information content (AvgIpc) is 2.72. The second kappa shape index (κ2) is 9.81. The molecule has 180 valence electrons. The van der Waals surface area contributed by atoms with Crippen molar-refractivity contribution < 1.29 is 26.9 Å². The molecule has 1 unspecified atom stereocenters. The van der Waals surface area contributed by atoms with Gasteiger partial charge in [-0.15, -0.1) is 0 Å². The smallest absolute Gasteiger partial charge is 0.410 e. The van der Waals surface area contributed by atoms with E-state index in [9.17, 15) is 13.2 Å². The van der Waals surface area contributed by atoms with Crippen molar-refractivity contribution in [2.45, 2.75) is 57.0 Å². The molecule has 33 heavy (non-hydrogen) atoms. The molecule has 1 heterocycles. The molecule has 9 heteroatoms. The zero-order chi connectivity index (χ0) is 24.4. The summed E-state index contributed by atoms with van der Waals surface area (Å²) >= 11 is 6.08. The molecule has 0 radical (unpaired) electrons. The minimum Gasteiger partial charge on any atom is -0.492 e. The zero-order valence-corrected chi connectivity index (χ0v) is 21.1. The first kappa shape index (κ1) is 25.2. The molecule has 2 aromatic rings. The number of amides is 1. The molecular formula is C24H30ClNO6S. The molecule has 7 nitrogen and oxygen atoms in total. The van der Waals surface area contributed by atoms with Gasteiger partial charge in [-0.25, -0.2) is 4.79 Å². The Hall–Kier alpha value is -2.45. The van der Waals surface area contributed by atoms with Crippen molar-refractivity contribution in [2.75, 3.05) is 20.2 Å². The van der Waals surface area contributed by atoms with Crippen LogP contribution in [0.25, 0.3) is 0 Å². The van der Waals surface area contributed by atoms with Crippen LogP contribution in [0.2, 0.25) is 5.02 Å². The van der Waals surface area contributed by atoms with Gasteiger partial charge in [0.1, 0.15) is 10.5 Å². The summed E-state index contributed by atoms with van der Waals surface area (Å²) in [5.74, 6) is 0.348. The summed E-state index contributed by atoms with van der Waals surface area (Å²) in [6.45, 7) is 8.39. The van der Waals surface area contributed by atoms with E-state index in [1.807, 2.05) is 33.8 Å². The lowest BCUT2D eigenvalue weighted by atomic mass is 9.89. The molecule has 1 fully saturated rings. The summed E-state index contributed by atoms with van der Waals surface area (Å²) in [7, 11) is -2.71. The number of hydrogen-bond donors (Lipinski definition) is 0. The molecular weight excluding hydrogens is 466 g/mol. The van der Waals surface area contributed by atoms with Gasteiger partial charge < -0.3 is 18.6 Å². The number of ether oxygens (including phenoxy) is 2. The highest BCUT2D eigenvalue weighted by Crippen LogP contribution is 2.41. The third kappa shape index (κ3) is 6.12. The van der Waals surface area contributed by atoms with Gasteiger partial charge in [0.2, 0.25) is 0 Å². The van der Waals surface area contributed by atoms with E-state index in [4.69, 9.17) is 25.3 Å². The van der Waals surface area contributed by atoms with Gasteiger partial charge in [0.15, 0.2) is 11.5 Å². The predicted molar refractivity (Wildman–Crippen MR) is 127 cm³/mol. The van der Waals surface area contributed by atoms with Gasteiger partial charge in [-0.2, -0.15) is 8.42 Å². The van der Waals surface area contributed by atoms with Crippen LogP contribution in [0.3, 0.4) is 0 Å². The molecule has 0 N–H and O–H groups in total. The standard InChI is InChI=1S/C24H30ClNO6S/c1-16-13-18(17-9-8-12-26(15-17)23(27)31-24(2,3)4)22(30-5)20(14-16)32-33(28,29)21-11-7-6-10-19(21)25/h6-7,10-11,13-14,17H,8-9,12,15H2,1-5H3. The van der Waals surface area contributed by atoms with E-state index in [1.54, 1.807) is 23.1 Å². The van der Waals surface area contributed by atoms with Gasteiger partial charge in [0.25, 0.3) is 0 Å². The number of carbonyl (C=O) groups is 1. The quantitative estimate of drug-likeness (QED) is 0.506. The largest absolute Gasteiger partial charge is 0.492 e. The highest BCUT2D eigenvalue weighted by Gasteiger charge is 2.31. The van der Waals surface area contributed by atoms with Gasteiger partial charge in [-0.3, -0.25) is 0 Å². The van der Waals surface area contributed by atoms with Crippen LogP contribution in [-0.4, -0.2) is 45.2 Å². The first-order chi connectivity index (χ1) is 15.4. The SMILES string of the molecule is COc1c(OS(=O)(=O)c2ccccc2Cl)cc(C)cc1C1CCCN(C(=O)OC(C)(C)C)C1. The molecule has 0 aromatic heterocycles. The molecule has 1 atom stereocenters. The maximum absolute atomic E-state index is 12.9. The van der Waals surface area contributed by atoms with Crippen LogP contribution in [0, 0.1) is 6.92 Å². The molecule has 0 spiro atoms. The lowest BCUT2D eigenvalue weighted by Crippen LogP contribution is -2.42. The van der Waals surface area contributed by atoms with Crippen LogP contribution < -0.4 is 8.92 Å². The lowest BCUT2D eigenvalue weighted by molar-refractivity contribution is 0.0197. The fourth-order valence-corrected chi connectivity index (χ4v) is 5.31. The lowest BCUT2D eigenvalue weighted by Gasteiger charge is -2.35. The first-order valence-electron chi connectivity index (χ1n) is 10.8.